The molecule has 4 heteroatoms. The summed E-state index contributed by atoms with van der Waals surface area (Å²) < 4.78 is 10.5. The van der Waals surface area contributed by atoms with Crippen LogP contribution in [0.4, 0.5) is 0 Å². The number of carbonyl (C=O) groups is 1. The molecule has 0 radical (unpaired) electrons. The quantitative estimate of drug-likeness (QED) is 0.890. The van der Waals surface area contributed by atoms with E-state index in [9.17, 15) is 4.79 Å². The SMILES string of the molecule is COc1cc(C(=O)NC(C)C(C)C)cc(OC)c1C. The van der Waals surface area contributed by atoms with E-state index in [-0.39, 0.29) is 11.9 Å². The third kappa shape index (κ3) is 3.63. The Balaban J connectivity index is 3.03. The predicted molar refractivity (Wildman–Crippen MR) is 76.0 cm³/mol. The fourth-order valence-corrected chi connectivity index (χ4v) is 1.67. The molecule has 1 aromatic rings. The average Bonchev–Trinajstić information content (AvgIpc) is 2.38. The standard InChI is InChI=1S/C15H23NO3/c1-9(2)11(4)16-15(17)12-7-13(18-5)10(3)14(8-12)19-6/h7-9,11H,1-6H3,(H,16,17). The van der Waals surface area contributed by atoms with Crippen LogP contribution in [0.5, 0.6) is 11.5 Å². The minimum atomic E-state index is -0.113. The van der Waals surface area contributed by atoms with Crippen molar-refractivity contribution >= 4 is 5.91 Å². The Hall–Kier alpha value is -1.71. The van der Waals surface area contributed by atoms with Crippen molar-refractivity contribution in [1.29, 1.82) is 0 Å². The number of methoxy groups -OCH3 is 2. The molecule has 0 spiro atoms. The molecule has 0 bridgehead atoms. The van der Waals surface area contributed by atoms with Gasteiger partial charge in [0.2, 0.25) is 0 Å². The van der Waals surface area contributed by atoms with Gasteiger partial charge in [-0.2, -0.15) is 0 Å². The third-order valence-corrected chi connectivity index (χ3v) is 3.37. The Bertz CT molecular complexity index is 430. The van der Waals surface area contributed by atoms with Gasteiger partial charge < -0.3 is 14.8 Å². The summed E-state index contributed by atoms with van der Waals surface area (Å²) in [7, 11) is 3.17. The fourth-order valence-electron chi connectivity index (χ4n) is 1.67. The van der Waals surface area contributed by atoms with Gasteiger partial charge in [0.1, 0.15) is 11.5 Å². The summed E-state index contributed by atoms with van der Waals surface area (Å²) >= 11 is 0. The third-order valence-electron chi connectivity index (χ3n) is 3.37. The largest absolute Gasteiger partial charge is 0.496 e. The van der Waals surface area contributed by atoms with E-state index in [1.165, 1.54) is 0 Å². The normalized spacial score (nSPS) is 12.2. The zero-order valence-electron chi connectivity index (χ0n) is 12.5. The molecule has 1 aromatic carbocycles. The first-order valence-corrected chi connectivity index (χ1v) is 6.44. The monoisotopic (exact) mass is 265 g/mol. The Morgan fingerprint density at radius 2 is 1.58 bits per heavy atom. The van der Waals surface area contributed by atoms with Crippen LogP contribution in [-0.2, 0) is 0 Å². The van der Waals surface area contributed by atoms with Gasteiger partial charge in [0, 0.05) is 17.2 Å². The fraction of sp³-hybridized carbons (Fsp3) is 0.533. The van der Waals surface area contributed by atoms with E-state index in [4.69, 9.17) is 9.47 Å². The number of ether oxygens (including phenoxy) is 2. The lowest BCUT2D eigenvalue weighted by Crippen LogP contribution is -2.36. The lowest BCUT2D eigenvalue weighted by atomic mass is 10.0. The topological polar surface area (TPSA) is 47.6 Å². The highest BCUT2D eigenvalue weighted by Crippen LogP contribution is 2.29. The van der Waals surface area contributed by atoms with Gasteiger partial charge in [-0.25, -0.2) is 0 Å². The van der Waals surface area contributed by atoms with Crippen molar-refractivity contribution in [3.8, 4) is 11.5 Å². The molecule has 0 fully saturated rings. The average molecular weight is 265 g/mol. The van der Waals surface area contributed by atoms with Crippen molar-refractivity contribution in [2.75, 3.05) is 14.2 Å². The molecule has 0 heterocycles. The van der Waals surface area contributed by atoms with Crippen LogP contribution in [0.15, 0.2) is 12.1 Å². The molecule has 1 amide bonds. The van der Waals surface area contributed by atoms with Crippen molar-refractivity contribution < 1.29 is 14.3 Å². The maximum absolute atomic E-state index is 12.2. The summed E-state index contributed by atoms with van der Waals surface area (Å²) in [6.07, 6.45) is 0. The Morgan fingerprint density at radius 3 is 1.95 bits per heavy atom. The number of nitrogens with one attached hydrogen (secondary N) is 1. The van der Waals surface area contributed by atoms with E-state index in [0.29, 0.717) is 23.0 Å². The summed E-state index contributed by atoms with van der Waals surface area (Å²) in [5.74, 6) is 1.58. The molecule has 0 aliphatic heterocycles. The molecule has 0 saturated carbocycles. The summed E-state index contributed by atoms with van der Waals surface area (Å²) in [4.78, 5) is 12.2. The smallest absolute Gasteiger partial charge is 0.251 e. The lowest BCUT2D eigenvalue weighted by molar-refractivity contribution is 0.0930. The van der Waals surface area contributed by atoms with Crippen molar-refractivity contribution in [3.63, 3.8) is 0 Å². The van der Waals surface area contributed by atoms with Crippen LogP contribution in [0, 0.1) is 12.8 Å². The molecule has 1 N–H and O–H groups in total. The molecule has 1 atom stereocenters. The number of hydrogen-bond donors (Lipinski definition) is 1. The summed E-state index contributed by atoms with van der Waals surface area (Å²) in [6.45, 7) is 8.03. The molecule has 4 nitrogen and oxygen atoms in total. The lowest BCUT2D eigenvalue weighted by Gasteiger charge is -2.18. The van der Waals surface area contributed by atoms with E-state index in [1.54, 1.807) is 26.4 Å². The molecule has 0 aliphatic carbocycles. The first-order chi connectivity index (χ1) is 8.90. The van der Waals surface area contributed by atoms with E-state index < -0.39 is 0 Å². The molecular weight excluding hydrogens is 242 g/mol. The molecule has 0 aromatic heterocycles. The van der Waals surface area contributed by atoms with Crippen LogP contribution in [-0.4, -0.2) is 26.2 Å². The van der Waals surface area contributed by atoms with Crippen molar-refractivity contribution in [2.45, 2.75) is 33.7 Å². The van der Waals surface area contributed by atoms with Crippen LogP contribution in [0.3, 0.4) is 0 Å². The minimum absolute atomic E-state index is 0.113. The molecule has 1 rings (SSSR count). The molecule has 0 saturated heterocycles. The zero-order chi connectivity index (χ0) is 14.6. The molecule has 106 valence electrons. The second kappa shape index (κ2) is 6.45. The van der Waals surface area contributed by atoms with Gasteiger partial charge in [0.05, 0.1) is 14.2 Å². The number of rotatable bonds is 5. The first-order valence-electron chi connectivity index (χ1n) is 6.44. The summed E-state index contributed by atoms with van der Waals surface area (Å²) in [6, 6.07) is 3.59. The van der Waals surface area contributed by atoms with Gasteiger partial charge in [-0.3, -0.25) is 4.79 Å². The van der Waals surface area contributed by atoms with Crippen LogP contribution < -0.4 is 14.8 Å². The Kier molecular flexibility index (Phi) is 5.21. The molecular formula is C15H23NO3. The van der Waals surface area contributed by atoms with Crippen LogP contribution in [0.25, 0.3) is 0 Å². The Labute approximate surface area is 115 Å². The highest BCUT2D eigenvalue weighted by atomic mass is 16.5. The van der Waals surface area contributed by atoms with Crippen LogP contribution >= 0.6 is 0 Å². The number of hydrogen-bond acceptors (Lipinski definition) is 3. The Morgan fingerprint density at radius 1 is 1.11 bits per heavy atom. The number of benzene rings is 1. The van der Waals surface area contributed by atoms with Gasteiger partial charge in [0.15, 0.2) is 0 Å². The second-order valence-corrected chi connectivity index (χ2v) is 5.01. The highest BCUT2D eigenvalue weighted by molar-refractivity contribution is 5.95. The van der Waals surface area contributed by atoms with Crippen molar-refractivity contribution in [2.24, 2.45) is 5.92 Å². The van der Waals surface area contributed by atoms with E-state index in [0.717, 1.165) is 5.56 Å². The van der Waals surface area contributed by atoms with E-state index in [2.05, 4.69) is 19.2 Å². The highest BCUT2D eigenvalue weighted by Gasteiger charge is 2.16. The molecule has 1 unspecified atom stereocenters. The summed E-state index contributed by atoms with van der Waals surface area (Å²) in [5.41, 5.74) is 1.44. The van der Waals surface area contributed by atoms with Gasteiger partial charge in [-0.05, 0) is 31.9 Å². The first kappa shape index (κ1) is 15.3. The number of amides is 1. The summed E-state index contributed by atoms with van der Waals surface area (Å²) in [5, 5.41) is 2.97. The molecule has 0 aliphatic rings. The van der Waals surface area contributed by atoms with Gasteiger partial charge >= 0.3 is 0 Å². The van der Waals surface area contributed by atoms with Crippen LogP contribution in [0.1, 0.15) is 36.7 Å². The second-order valence-electron chi connectivity index (χ2n) is 5.01. The minimum Gasteiger partial charge on any atom is -0.496 e. The van der Waals surface area contributed by atoms with Gasteiger partial charge in [-0.15, -0.1) is 0 Å². The van der Waals surface area contributed by atoms with Gasteiger partial charge in [-0.1, -0.05) is 13.8 Å². The maximum Gasteiger partial charge on any atom is 0.251 e. The number of carbonyl (C=O) groups excluding carboxylic acids is 1. The van der Waals surface area contributed by atoms with Gasteiger partial charge in [0.25, 0.3) is 5.91 Å². The van der Waals surface area contributed by atoms with E-state index in [1.807, 2.05) is 13.8 Å². The van der Waals surface area contributed by atoms with Crippen LogP contribution in [0.2, 0.25) is 0 Å². The zero-order valence-corrected chi connectivity index (χ0v) is 12.5. The predicted octanol–water partition coefficient (Wildman–Crippen LogP) is 2.79. The maximum atomic E-state index is 12.2. The molecule has 19 heavy (non-hydrogen) atoms. The van der Waals surface area contributed by atoms with Crippen molar-refractivity contribution in [3.05, 3.63) is 23.3 Å². The van der Waals surface area contributed by atoms with E-state index >= 15 is 0 Å². The van der Waals surface area contributed by atoms with Crippen molar-refractivity contribution in [1.82, 2.24) is 5.32 Å².